The lowest BCUT2D eigenvalue weighted by atomic mass is 10.1. The molecule has 114 valence electrons. The molecule has 0 atom stereocenters. The summed E-state index contributed by atoms with van der Waals surface area (Å²) in [6.07, 6.45) is 2.56. The van der Waals surface area contributed by atoms with Crippen LogP contribution in [-0.2, 0) is 19.6 Å². The average Bonchev–Trinajstić information content (AvgIpc) is 2.63. The number of imide groups is 1. The molecule has 0 bridgehead atoms. The van der Waals surface area contributed by atoms with Gasteiger partial charge in [-0.15, -0.1) is 0 Å². The van der Waals surface area contributed by atoms with Crippen LogP contribution in [-0.4, -0.2) is 60.9 Å². The lowest BCUT2D eigenvalue weighted by Gasteiger charge is -2.35. The van der Waals surface area contributed by atoms with Crippen molar-refractivity contribution in [1.29, 1.82) is 0 Å². The maximum absolute atomic E-state index is 12.0. The molecule has 8 heteroatoms. The monoisotopic (exact) mass is 311 g/mol. The van der Waals surface area contributed by atoms with Gasteiger partial charge in [-0.25, -0.2) is 8.42 Å². The number of nitrogens with two attached hydrogens (primary N) is 1. The van der Waals surface area contributed by atoms with Crippen molar-refractivity contribution in [3.8, 4) is 0 Å². The molecule has 0 aromatic rings. The molecule has 2 heterocycles. The first-order chi connectivity index (χ1) is 9.81. The second kappa shape index (κ2) is 5.55. The number of sulfonamides is 1. The Bertz CT molecular complexity index is 614. The fourth-order valence-corrected chi connectivity index (χ4v) is 3.75. The zero-order valence-corrected chi connectivity index (χ0v) is 12.3. The predicted molar refractivity (Wildman–Crippen MR) is 77.5 cm³/mol. The van der Waals surface area contributed by atoms with E-state index in [0.29, 0.717) is 0 Å². The molecule has 2 N–H and O–H groups in total. The molecule has 0 radical (unpaired) electrons. The zero-order valence-electron chi connectivity index (χ0n) is 11.5. The van der Waals surface area contributed by atoms with Crippen molar-refractivity contribution in [3.05, 3.63) is 36.5 Å². The SMILES string of the molecule is C=CC1=C(C=C)C(=O)N(CCS(=O)(=O)N2CC(N)C2)C1=O. The Morgan fingerprint density at radius 1 is 1.14 bits per heavy atom. The van der Waals surface area contributed by atoms with Crippen molar-refractivity contribution in [2.45, 2.75) is 6.04 Å². The molecular weight excluding hydrogens is 294 g/mol. The summed E-state index contributed by atoms with van der Waals surface area (Å²) in [6, 6.07) is -0.142. The molecule has 0 aromatic heterocycles. The highest BCUT2D eigenvalue weighted by Gasteiger charge is 2.38. The molecular formula is C13H17N3O4S. The molecule has 2 aliphatic rings. The minimum atomic E-state index is -3.50. The standard InChI is InChI=1S/C13H17N3O4S/c1-3-10-11(4-2)13(18)16(12(10)17)5-6-21(19,20)15-7-9(14)8-15/h3-4,9H,1-2,5-8,14H2. The van der Waals surface area contributed by atoms with E-state index < -0.39 is 21.8 Å². The summed E-state index contributed by atoms with van der Waals surface area (Å²) in [5.74, 6) is -1.40. The van der Waals surface area contributed by atoms with Gasteiger partial charge in [-0.05, 0) is 0 Å². The molecule has 1 saturated heterocycles. The average molecular weight is 311 g/mol. The number of amides is 2. The third-order valence-electron chi connectivity index (χ3n) is 3.49. The van der Waals surface area contributed by atoms with Crippen molar-refractivity contribution >= 4 is 21.8 Å². The number of hydrogen-bond donors (Lipinski definition) is 1. The molecule has 0 aliphatic carbocycles. The van der Waals surface area contributed by atoms with Gasteiger partial charge in [0.2, 0.25) is 10.0 Å². The fourth-order valence-electron chi connectivity index (χ4n) is 2.24. The van der Waals surface area contributed by atoms with E-state index in [4.69, 9.17) is 5.73 Å². The van der Waals surface area contributed by atoms with Gasteiger partial charge in [-0.1, -0.05) is 25.3 Å². The second-order valence-corrected chi connectivity index (χ2v) is 6.98. The van der Waals surface area contributed by atoms with Crippen molar-refractivity contribution in [3.63, 3.8) is 0 Å². The first kappa shape index (κ1) is 15.6. The molecule has 0 saturated carbocycles. The van der Waals surface area contributed by atoms with Gasteiger partial charge < -0.3 is 5.73 Å². The smallest absolute Gasteiger partial charge is 0.261 e. The number of rotatable bonds is 6. The van der Waals surface area contributed by atoms with Gasteiger partial charge in [0.15, 0.2) is 0 Å². The van der Waals surface area contributed by atoms with Gasteiger partial charge in [0.1, 0.15) is 0 Å². The third-order valence-corrected chi connectivity index (χ3v) is 5.28. The summed E-state index contributed by atoms with van der Waals surface area (Å²) in [6.45, 7) is 7.32. The summed E-state index contributed by atoms with van der Waals surface area (Å²) in [4.78, 5) is 25.0. The molecule has 0 spiro atoms. The van der Waals surface area contributed by atoms with E-state index in [-0.39, 0.29) is 42.6 Å². The van der Waals surface area contributed by atoms with Gasteiger partial charge >= 0.3 is 0 Å². The van der Waals surface area contributed by atoms with Gasteiger partial charge in [-0.2, -0.15) is 4.31 Å². The van der Waals surface area contributed by atoms with Crippen LogP contribution in [0.5, 0.6) is 0 Å². The molecule has 0 aromatic carbocycles. The zero-order chi connectivity index (χ0) is 15.8. The van der Waals surface area contributed by atoms with E-state index in [1.54, 1.807) is 0 Å². The predicted octanol–water partition coefficient (Wildman–Crippen LogP) is -1.00. The molecule has 2 aliphatic heterocycles. The van der Waals surface area contributed by atoms with E-state index in [1.165, 1.54) is 16.5 Å². The van der Waals surface area contributed by atoms with Crippen molar-refractivity contribution in [2.24, 2.45) is 5.73 Å². The Balaban J connectivity index is 2.05. The summed E-state index contributed by atoms with van der Waals surface area (Å²) in [7, 11) is -3.50. The normalized spacial score (nSPS) is 20.9. The van der Waals surface area contributed by atoms with E-state index in [2.05, 4.69) is 13.2 Å². The van der Waals surface area contributed by atoms with Crippen LogP contribution >= 0.6 is 0 Å². The van der Waals surface area contributed by atoms with Crippen molar-refractivity contribution in [1.82, 2.24) is 9.21 Å². The Morgan fingerprint density at radius 2 is 1.62 bits per heavy atom. The Morgan fingerprint density at radius 3 is 2.00 bits per heavy atom. The summed E-state index contributed by atoms with van der Waals surface area (Å²) in [5.41, 5.74) is 5.85. The van der Waals surface area contributed by atoms with Gasteiger partial charge in [0.25, 0.3) is 11.8 Å². The minimum absolute atomic E-state index is 0.142. The summed E-state index contributed by atoms with van der Waals surface area (Å²) < 4.78 is 25.2. The highest BCUT2D eigenvalue weighted by atomic mass is 32.2. The van der Waals surface area contributed by atoms with Crippen LogP contribution in [0.3, 0.4) is 0 Å². The largest absolute Gasteiger partial charge is 0.325 e. The molecule has 2 rings (SSSR count). The topological polar surface area (TPSA) is 101 Å². The Hall–Kier alpha value is -1.77. The van der Waals surface area contributed by atoms with Crippen LogP contribution in [0, 0.1) is 0 Å². The van der Waals surface area contributed by atoms with Crippen molar-refractivity contribution < 1.29 is 18.0 Å². The van der Waals surface area contributed by atoms with Crippen LogP contribution in [0.15, 0.2) is 36.5 Å². The highest BCUT2D eigenvalue weighted by Crippen LogP contribution is 2.22. The van der Waals surface area contributed by atoms with Gasteiger partial charge in [0, 0.05) is 25.7 Å². The second-order valence-electron chi connectivity index (χ2n) is 4.89. The molecule has 7 nitrogen and oxygen atoms in total. The van der Waals surface area contributed by atoms with Crippen LogP contribution < -0.4 is 5.73 Å². The fraction of sp³-hybridized carbons (Fsp3) is 0.385. The quantitative estimate of drug-likeness (QED) is 0.634. The van der Waals surface area contributed by atoms with E-state index in [1.807, 2.05) is 0 Å². The van der Waals surface area contributed by atoms with E-state index >= 15 is 0 Å². The summed E-state index contributed by atoms with van der Waals surface area (Å²) >= 11 is 0. The van der Waals surface area contributed by atoms with E-state index in [9.17, 15) is 18.0 Å². The van der Waals surface area contributed by atoms with Gasteiger partial charge in [0.05, 0.1) is 16.9 Å². The number of nitrogens with zero attached hydrogens (tertiary/aromatic N) is 2. The first-order valence-electron chi connectivity index (χ1n) is 6.40. The number of carbonyl (C=O) groups is 2. The van der Waals surface area contributed by atoms with Crippen LogP contribution in [0.25, 0.3) is 0 Å². The molecule has 2 amide bonds. The van der Waals surface area contributed by atoms with Crippen LogP contribution in [0.4, 0.5) is 0 Å². The van der Waals surface area contributed by atoms with E-state index in [0.717, 1.165) is 4.90 Å². The maximum Gasteiger partial charge on any atom is 0.261 e. The molecule has 0 unspecified atom stereocenters. The minimum Gasteiger partial charge on any atom is -0.325 e. The maximum atomic E-state index is 12.0. The molecule has 21 heavy (non-hydrogen) atoms. The number of carbonyl (C=O) groups excluding carboxylic acids is 2. The lowest BCUT2D eigenvalue weighted by Crippen LogP contribution is -2.58. The highest BCUT2D eigenvalue weighted by molar-refractivity contribution is 7.89. The summed E-state index contributed by atoms with van der Waals surface area (Å²) in [5, 5.41) is 0. The van der Waals surface area contributed by atoms with Gasteiger partial charge in [-0.3, -0.25) is 14.5 Å². The lowest BCUT2D eigenvalue weighted by molar-refractivity contribution is -0.137. The first-order valence-corrected chi connectivity index (χ1v) is 8.01. The van der Waals surface area contributed by atoms with Crippen LogP contribution in [0.2, 0.25) is 0 Å². The Labute approximate surface area is 123 Å². The Kier molecular flexibility index (Phi) is 4.13. The number of hydrogen-bond acceptors (Lipinski definition) is 5. The third kappa shape index (κ3) is 2.69. The van der Waals surface area contributed by atoms with Crippen molar-refractivity contribution in [2.75, 3.05) is 25.4 Å². The van der Waals surface area contributed by atoms with Crippen LogP contribution in [0.1, 0.15) is 0 Å². The molecule has 1 fully saturated rings.